The molecule has 0 aliphatic carbocycles. The number of hydrogen-bond donors (Lipinski definition) is 0. The number of carbonyl (C=O) groups excluding carboxylic acids is 1. The van der Waals surface area contributed by atoms with Crippen LogP contribution in [0.25, 0.3) is 22.3 Å². The highest BCUT2D eigenvalue weighted by Gasteiger charge is 2.16. The minimum absolute atomic E-state index is 0.0437. The van der Waals surface area contributed by atoms with Crippen LogP contribution in [0.5, 0.6) is 0 Å². The fourth-order valence-corrected chi connectivity index (χ4v) is 3.16. The lowest BCUT2D eigenvalue weighted by Crippen LogP contribution is -2.04. The van der Waals surface area contributed by atoms with E-state index in [9.17, 15) is 4.79 Å². The highest BCUT2D eigenvalue weighted by atomic mass is 16.1. The SMILES string of the molecule is O=C(c1ccccc1)c1cc(-c2ccccc2)ccc1-c1ccccc1. The Kier molecular flexibility index (Phi) is 4.44. The molecule has 0 heterocycles. The van der Waals surface area contributed by atoms with Gasteiger partial charge in [0.05, 0.1) is 0 Å². The van der Waals surface area contributed by atoms with Gasteiger partial charge in [0.25, 0.3) is 0 Å². The maximum atomic E-state index is 13.2. The number of ketones is 1. The summed E-state index contributed by atoms with van der Waals surface area (Å²) in [6.45, 7) is 0. The summed E-state index contributed by atoms with van der Waals surface area (Å²) >= 11 is 0. The largest absolute Gasteiger partial charge is 0.289 e. The van der Waals surface area contributed by atoms with Gasteiger partial charge in [0.15, 0.2) is 5.78 Å². The lowest BCUT2D eigenvalue weighted by molar-refractivity contribution is 0.103. The third-order valence-electron chi connectivity index (χ3n) is 4.49. The zero-order chi connectivity index (χ0) is 17.8. The van der Waals surface area contributed by atoms with Crippen LogP contribution in [0.2, 0.25) is 0 Å². The van der Waals surface area contributed by atoms with Gasteiger partial charge in [0, 0.05) is 11.1 Å². The molecule has 1 nitrogen and oxygen atoms in total. The predicted molar refractivity (Wildman–Crippen MR) is 107 cm³/mol. The average molecular weight is 334 g/mol. The molecule has 1 heteroatoms. The number of rotatable bonds is 4. The Morgan fingerprint density at radius 3 is 1.65 bits per heavy atom. The van der Waals surface area contributed by atoms with Crippen LogP contribution in [0.3, 0.4) is 0 Å². The van der Waals surface area contributed by atoms with Crippen molar-refractivity contribution >= 4 is 5.78 Å². The fourth-order valence-electron chi connectivity index (χ4n) is 3.16. The van der Waals surface area contributed by atoms with Crippen molar-refractivity contribution in [2.24, 2.45) is 0 Å². The molecule has 0 radical (unpaired) electrons. The first kappa shape index (κ1) is 16.0. The summed E-state index contributed by atoms with van der Waals surface area (Å²) < 4.78 is 0. The third-order valence-corrected chi connectivity index (χ3v) is 4.49. The lowest BCUT2D eigenvalue weighted by Gasteiger charge is -2.12. The van der Waals surface area contributed by atoms with E-state index in [0.29, 0.717) is 5.56 Å². The predicted octanol–water partition coefficient (Wildman–Crippen LogP) is 6.25. The zero-order valence-corrected chi connectivity index (χ0v) is 14.3. The summed E-state index contributed by atoms with van der Waals surface area (Å²) in [6, 6.07) is 35.8. The summed E-state index contributed by atoms with van der Waals surface area (Å²) in [6.07, 6.45) is 0. The Bertz CT molecular complexity index is 1020. The Hall–Kier alpha value is -3.45. The van der Waals surface area contributed by atoms with Gasteiger partial charge < -0.3 is 0 Å². The molecular weight excluding hydrogens is 316 g/mol. The molecule has 4 rings (SSSR count). The molecule has 0 N–H and O–H groups in total. The maximum Gasteiger partial charge on any atom is 0.193 e. The van der Waals surface area contributed by atoms with Crippen molar-refractivity contribution in [3.8, 4) is 22.3 Å². The summed E-state index contributed by atoms with van der Waals surface area (Å²) in [5, 5.41) is 0. The second-order valence-corrected chi connectivity index (χ2v) is 6.19. The van der Waals surface area contributed by atoms with Crippen molar-refractivity contribution in [3.05, 3.63) is 120 Å². The molecule has 0 aromatic heterocycles. The van der Waals surface area contributed by atoms with Gasteiger partial charge in [-0.25, -0.2) is 0 Å². The molecule has 0 unspecified atom stereocenters. The van der Waals surface area contributed by atoms with E-state index in [4.69, 9.17) is 0 Å². The molecule has 124 valence electrons. The molecule has 0 saturated carbocycles. The molecule has 26 heavy (non-hydrogen) atoms. The van der Waals surface area contributed by atoms with Crippen molar-refractivity contribution in [2.45, 2.75) is 0 Å². The van der Waals surface area contributed by atoms with Crippen LogP contribution in [0, 0.1) is 0 Å². The first-order chi connectivity index (χ1) is 12.8. The van der Waals surface area contributed by atoms with Crippen LogP contribution in [-0.4, -0.2) is 5.78 Å². The maximum absolute atomic E-state index is 13.2. The van der Waals surface area contributed by atoms with E-state index in [1.54, 1.807) is 0 Å². The molecule has 0 atom stereocenters. The third kappa shape index (κ3) is 3.20. The molecule has 4 aromatic rings. The topological polar surface area (TPSA) is 17.1 Å². The van der Waals surface area contributed by atoms with Crippen LogP contribution in [-0.2, 0) is 0 Å². The molecule has 0 fully saturated rings. The smallest absolute Gasteiger partial charge is 0.193 e. The average Bonchev–Trinajstić information content (AvgIpc) is 2.75. The normalized spacial score (nSPS) is 10.5. The highest BCUT2D eigenvalue weighted by Crippen LogP contribution is 2.30. The Labute approximate surface area is 153 Å². The summed E-state index contributed by atoms with van der Waals surface area (Å²) in [5.41, 5.74) is 5.59. The van der Waals surface area contributed by atoms with Crippen LogP contribution < -0.4 is 0 Å². The van der Waals surface area contributed by atoms with Crippen molar-refractivity contribution in [1.82, 2.24) is 0 Å². The minimum Gasteiger partial charge on any atom is -0.289 e. The van der Waals surface area contributed by atoms with E-state index in [2.05, 4.69) is 18.2 Å². The van der Waals surface area contributed by atoms with Crippen LogP contribution >= 0.6 is 0 Å². The van der Waals surface area contributed by atoms with Crippen molar-refractivity contribution in [2.75, 3.05) is 0 Å². The van der Waals surface area contributed by atoms with Crippen molar-refractivity contribution < 1.29 is 4.79 Å². The highest BCUT2D eigenvalue weighted by molar-refractivity contribution is 6.13. The number of hydrogen-bond acceptors (Lipinski definition) is 1. The minimum atomic E-state index is 0.0437. The molecule has 4 aromatic carbocycles. The number of benzene rings is 4. The Morgan fingerprint density at radius 1 is 0.500 bits per heavy atom. The fraction of sp³-hybridized carbons (Fsp3) is 0. The lowest BCUT2D eigenvalue weighted by atomic mass is 9.91. The van der Waals surface area contributed by atoms with Gasteiger partial charge in [-0.05, 0) is 28.3 Å². The standard InChI is InChI=1S/C25H18O/c26-25(21-14-8-3-9-15-21)24-18-22(19-10-4-1-5-11-19)16-17-23(24)20-12-6-2-7-13-20/h1-18H. The van der Waals surface area contributed by atoms with E-state index in [1.165, 1.54) is 0 Å². The molecule has 0 saturated heterocycles. The molecule has 0 amide bonds. The summed E-state index contributed by atoms with van der Waals surface area (Å²) in [7, 11) is 0. The monoisotopic (exact) mass is 334 g/mol. The van der Waals surface area contributed by atoms with Crippen molar-refractivity contribution in [3.63, 3.8) is 0 Å². The van der Waals surface area contributed by atoms with Gasteiger partial charge in [0.1, 0.15) is 0 Å². The molecule has 0 spiro atoms. The Morgan fingerprint density at radius 2 is 1.04 bits per heavy atom. The van der Waals surface area contributed by atoms with Gasteiger partial charge in [-0.1, -0.05) is 103 Å². The van der Waals surface area contributed by atoms with Gasteiger partial charge in [-0.15, -0.1) is 0 Å². The van der Waals surface area contributed by atoms with Crippen molar-refractivity contribution in [1.29, 1.82) is 0 Å². The second kappa shape index (κ2) is 7.20. The van der Waals surface area contributed by atoms with Gasteiger partial charge in [-0.3, -0.25) is 4.79 Å². The molecule has 0 aliphatic rings. The van der Waals surface area contributed by atoms with Crippen LogP contribution in [0.1, 0.15) is 15.9 Å². The van der Waals surface area contributed by atoms with Gasteiger partial charge in [0.2, 0.25) is 0 Å². The van der Waals surface area contributed by atoms with E-state index < -0.39 is 0 Å². The van der Waals surface area contributed by atoms with E-state index in [0.717, 1.165) is 27.8 Å². The first-order valence-electron chi connectivity index (χ1n) is 8.67. The van der Waals surface area contributed by atoms with E-state index in [-0.39, 0.29) is 5.78 Å². The first-order valence-corrected chi connectivity index (χ1v) is 8.67. The summed E-state index contributed by atoms with van der Waals surface area (Å²) in [5.74, 6) is 0.0437. The molecule has 0 aliphatic heterocycles. The zero-order valence-electron chi connectivity index (χ0n) is 14.3. The number of carbonyl (C=O) groups is 1. The molecule has 0 bridgehead atoms. The second-order valence-electron chi connectivity index (χ2n) is 6.19. The van der Waals surface area contributed by atoms with E-state index >= 15 is 0 Å². The van der Waals surface area contributed by atoms with Crippen LogP contribution in [0.4, 0.5) is 0 Å². The van der Waals surface area contributed by atoms with Gasteiger partial charge in [-0.2, -0.15) is 0 Å². The van der Waals surface area contributed by atoms with Crippen LogP contribution in [0.15, 0.2) is 109 Å². The van der Waals surface area contributed by atoms with Gasteiger partial charge >= 0.3 is 0 Å². The Balaban J connectivity index is 1.89. The summed E-state index contributed by atoms with van der Waals surface area (Å²) in [4.78, 5) is 13.2. The molecular formula is C25H18O. The quantitative estimate of drug-likeness (QED) is 0.403. The van der Waals surface area contributed by atoms with E-state index in [1.807, 2.05) is 91.0 Å².